The molecular formula is C15H13BrClFN2O3S. The first-order valence-electron chi connectivity index (χ1n) is 6.73. The van der Waals surface area contributed by atoms with Crippen molar-refractivity contribution in [3.8, 4) is 0 Å². The minimum absolute atomic E-state index is 0.0265. The predicted octanol–water partition coefficient (Wildman–Crippen LogP) is 3.55. The van der Waals surface area contributed by atoms with Crippen LogP contribution in [0.5, 0.6) is 0 Å². The van der Waals surface area contributed by atoms with Crippen LogP contribution in [0.15, 0.2) is 51.8 Å². The summed E-state index contributed by atoms with van der Waals surface area (Å²) in [5.74, 6) is -1.32. The summed E-state index contributed by atoms with van der Waals surface area (Å²) < 4.78 is 40.9. The highest BCUT2D eigenvalue weighted by atomic mass is 79.9. The average Bonchev–Trinajstić information content (AvgIpc) is 2.50. The number of halogens is 3. The van der Waals surface area contributed by atoms with Gasteiger partial charge in [0.1, 0.15) is 5.82 Å². The number of benzene rings is 2. The lowest BCUT2D eigenvalue weighted by atomic mass is 10.2. The van der Waals surface area contributed by atoms with Crippen LogP contribution >= 0.6 is 27.5 Å². The number of rotatable bonds is 5. The van der Waals surface area contributed by atoms with Gasteiger partial charge in [-0.1, -0.05) is 27.5 Å². The summed E-state index contributed by atoms with van der Waals surface area (Å²) in [4.78, 5) is 12.0. The van der Waals surface area contributed by atoms with Crippen LogP contribution in [0, 0.1) is 5.82 Å². The molecule has 0 heterocycles. The maximum absolute atomic E-state index is 13.7. The molecule has 2 aromatic carbocycles. The fraction of sp³-hybridized carbons (Fsp3) is 0.133. The first-order valence-corrected chi connectivity index (χ1v) is 9.38. The maximum atomic E-state index is 13.7. The number of hydrogen-bond donors (Lipinski definition) is 2. The summed E-state index contributed by atoms with van der Waals surface area (Å²) in [6.45, 7) is 1.36. The van der Waals surface area contributed by atoms with E-state index in [1.165, 1.54) is 43.3 Å². The molecule has 0 radical (unpaired) electrons. The van der Waals surface area contributed by atoms with Gasteiger partial charge in [0.25, 0.3) is 0 Å². The molecule has 0 bridgehead atoms. The van der Waals surface area contributed by atoms with E-state index in [-0.39, 0.29) is 10.6 Å². The molecule has 2 aromatic rings. The van der Waals surface area contributed by atoms with Crippen molar-refractivity contribution >= 4 is 49.1 Å². The highest BCUT2D eigenvalue weighted by Crippen LogP contribution is 2.20. The second kappa shape index (κ2) is 7.60. The Morgan fingerprint density at radius 1 is 1.21 bits per heavy atom. The van der Waals surface area contributed by atoms with Crippen molar-refractivity contribution in [1.29, 1.82) is 0 Å². The summed E-state index contributed by atoms with van der Waals surface area (Å²) in [6.07, 6.45) is 0. The van der Waals surface area contributed by atoms with Crippen molar-refractivity contribution in [1.82, 2.24) is 4.72 Å². The Morgan fingerprint density at radius 3 is 2.42 bits per heavy atom. The van der Waals surface area contributed by atoms with Crippen LogP contribution in [0.25, 0.3) is 0 Å². The van der Waals surface area contributed by atoms with Gasteiger partial charge in [0.2, 0.25) is 15.9 Å². The Balaban J connectivity index is 2.09. The van der Waals surface area contributed by atoms with Crippen molar-refractivity contribution in [3.05, 3.63) is 57.8 Å². The molecule has 1 atom stereocenters. The van der Waals surface area contributed by atoms with Crippen LogP contribution in [0.1, 0.15) is 6.92 Å². The summed E-state index contributed by atoms with van der Waals surface area (Å²) in [7, 11) is -3.90. The molecule has 1 amide bonds. The molecule has 2 rings (SSSR count). The van der Waals surface area contributed by atoms with Crippen LogP contribution < -0.4 is 10.0 Å². The number of anilines is 1. The fourth-order valence-corrected chi connectivity index (χ4v) is 3.46. The molecule has 24 heavy (non-hydrogen) atoms. The number of carbonyl (C=O) groups excluding carboxylic acids is 1. The van der Waals surface area contributed by atoms with E-state index in [1.54, 1.807) is 6.07 Å². The summed E-state index contributed by atoms with van der Waals surface area (Å²) >= 11 is 8.82. The zero-order valence-corrected chi connectivity index (χ0v) is 15.5. The highest BCUT2D eigenvalue weighted by molar-refractivity contribution is 9.10. The Hall–Kier alpha value is -1.48. The van der Waals surface area contributed by atoms with E-state index in [0.29, 0.717) is 9.50 Å². The van der Waals surface area contributed by atoms with Crippen LogP contribution in [-0.4, -0.2) is 20.4 Å². The van der Waals surface area contributed by atoms with Gasteiger partial charge in [0.05, 0.1) is 16.6 Å². The minimum Gasteiger partial charge on any atom is -0.322 e. The largest absolute Gasteiger partial charge is 0.322 e. The molecule has 1 unspecified atom stereocenters. The van der Waals surface area contributed by atoms with Crippen molar-refractivity contribution < 1.29 is 17.6 Å². The Labute approximate surface area is 152 Å². The minimum atomic E-state index is -3.90. The smallest absolute Gasteiger partial charge is 0.242 e. The number of sulfonamides is 1. The molecule has 5 nitrogen and oxygen atoms in total. The standard InChI is InChI=1S/C15H13BrClFN2O3S/c1-9(15(21)19-14-7-2-10(16)8-13(14)18)20-24(22,23)12-5-3-11(17)4-6-12/h2-9,20H,1H3,(H,19,21). The number of amides is 1. The maximum Gasteiger partial charge on any atom is 0.242 e. The second-order valence-electron chi connectivity index (χ2n) is 4.91. The van der Waals surface area contributed by atoms with E-state index in [4.69, 9.17) is 11.6 Å². The molecular weight excluding hydrogens is 423 g/mol. The van der Waals surface area contributed by atoms with Gasteiger partial charge < -0.3 is 5.32 Å². The monoisotopic (exact) mass is 434 g/mol. The Bertz CT molecular complexity index is 860. The van der Waals surface area contributed by atoms with E-state index in [2.05, 4.69) is 26.0 Å². The van der Waals surface area contributed by atoms with Crippen molar-refractivity contribution in [2.24, 2.45) is 0 Å². The van der Waals surface area contributed by atoms with Crippen LogP contribution in [0.2, 0.25) is 5.02 Å². The molecule has 9 heteroatoms. The van der Waals surface area contributed by atoms with E-state index in [1.807, 2.05) is 0 Å². The lowest BCUT2D eigenvalue weighted by Crippen LogP contribution is -2.41. The van der Waals surface area contributed by atoms with Crippen molar-refractivity contribution in [2.45, 2.75) is 17.9 Å². The third-order valence-corrected chi connectivity index (χ3v) is 5.34. The third-order valence-electron chi connectivity index (χ3n) is 3.04. The molecule has 0 aliphatic heterocycles. The first-order chi connectivity index (χ1) is 11.2. The van der Waals surface area contributed by atoms with E-state index in [9.17, 15) is 17.6 Å². The van der Waals surface area contributed by atoms with E-state index >= 15 is 0 Å². The average molecular weight is 436 g/mol. The highest BCUT2D eigenvalue weighted by Gasteiger charge is 2.22. The molecule has 0 aliphatic rings. The van der Waals surface area contributed by atoms with Crippen molar-refractivity contribution in [3.63, 3.8) is 0 Å². The molecule has 0 aliphatic carbocycles. The van der Waals surface area contributed by atoms with Crippen LogP contribution in [0.4, 0.5) is 10.1 Å². The topological polar surface area (TPSA) is 75.3 Å². The Kier molecular flexibility index (Phi) is 5.97. The van der Waals surface area contributed by atoms with Crippen LogP contribution in [-0.2, 0) is 14.8 Å². The van der Waals surface area contributed by atoms with Crippen LogP contribution in [0.3, 0.4) is 0 Å². The summed E-state index contributed by atoms with van der Waals surface area (Å²) in [5, 5.41) is 2.73. The lowest BCUT2D eigenvalue weighted by Gasteiger charge is -2.15. The van der Waals surface area contributed by atoms with Gasteiger partial charge in [0.15, 0.2) is 0 Å². The molecule has 0 spiro atoms. The molecule has 0 aromatic heterocycles. The van der Waals surface area contributed by atoms with Gasteiger partial charge in [-0.15, -0.1) is 0 Å². The number of nitrogens with one attached hydrogen (secondary N) is 2. The zero-order chi connectivity index (χ0) is 17.9. The first kappa shape index (κ1) is 18.9. The molecule has 0 saturated heterocycles. The van der Waals surface area contributed by atoms with E-state index < -0.39 is 27.8 Å². The lowest BCUT2D eigenvalue weighted by molar-refractivity contribution is -0.117. The van der Waals surface area contributed by atoms with Crippen molar-refractivity contribution in [2.75, 3.05) is 5.32 Å². The third kappa shape index (κ3) is 4.76. The second-order valence-corrected chi connectivity index (χ2v) is 7.98. The predicted molar refractivity (Wildman–Crippen MR) is 94.0 cm³/mol. The van der Waals surface area contributed by atoms with Gasteiger partial charge in [0, 0.05) is 9.50 Å². The molecule has 128 valence electrons. The Morgan fingerprint density at radius 2 is 1.83 bits per heavy atom. The zero-order valence-electron chi connectivity index (χ0n) is 12.4. The van der Waals surface area contributed by atoms with E-state index in [0.717, 1.165) is 0 Å². The van der Waals surface area contributed by atoms with Gasteiger partial charge in [-0.25, -0.2) is 12.8 Å². The summed E-state index contributed by atoms with van der Waals surface area (Å²) in [6, 6.07) is 8.52. The fourth-order valence-electron chi connectivity index (χ4n) is 1.80. The quantitative estimate of drug-likeness (QED) is 0.754. The molecule has 0 fully saturated rings. The van der Waals surface area contributed by atoms with Gasteiger partial charge >= 0.3 is 0 Å². The SMILES string of the molecule is CC(NS(=O)(=O)c1ccc(Cl)cc1)C(=O)Nc1ccc(Br)cc1F. The van der Waals surface area contributed by atoms with Gasteiger partial charge in [-0.3, -0.25) is 4.79 Å². The normalized spacial score (nSPS) is 12.7. The summed E-state index contributed by atoms with van der Waals surface area (Å²) in [5.41, 5.74) is -0.0410. The van der Waals surface area contributed by atoms with Gasteiger partial charge in [-0.05, 0) is 49.4 Å². The van der Waals surface area contributed by atoms with Gasteiger partial charge in [-0.2, -0.15) is 4.72 Å². The number of carbonyl (C=O) groups is 1. The molecule has 0 saturated carbocycles. The molecule has 2 N–H and O–H groups in total. The number of hydrogen-bond acceptors (Lipinski definition) is 3.